The second-order valence-electron chi connectivity index (χ2n) is 6.65. The van der Waals surface area contributed by atoms with Crippen LogP contribution in [-0.4, -0.2) is 32.3 Å². The van der Waals surface area contributed by atoms with Gasteiger partial charge in [0.15, 0.2) is 6.04 Å². The molecular formula is C22H17NO4S2. The van der Waals surface area contributed by atoms with Crippen LogP contribution in [0.5, 0.6) is 5.75 Å². The molecule has 146 valence electrons. The summed E-state index contributed by atoms with van der Waals surface area (Å²) in [5, 5.41) is 9.77. The molecule has 5 nitrogen and oxygen atoms in total. The van der Waals surface area contributed by atoms with Crippen LogP contribution in [0.15, 0.2) is 71.2 Å². The van der Waals surface area contributed by atoms with Gasteiger partial charge in [0.1, 0.15) is 16.2 Å². The first-order valence-corrected chi connectivity index (χ1v) is 10.2. The summed E-state index contributed by atoms with van der Waals surface area (Å²) in [6.45, 7) is 1.91. The molecule has 1 fully saturated rings. The normalized spacial score (nSPS) is 20.9. The van der Waals surface area contributed by atoms with Crippen molar-refractivity contribution in [3.05, 3.63) is 82.3 Å². The van der Waals surface area contributed by atoms with E-state index in [1.807, 2.05) is 37.3 Å². The van der Waals surface area contributed by atoms with E-state index in [-0.39, 0.29) is 10.4 Å². The Morgan fingerprint density at radius 1 is 1.21 bits per heavy atom. The van der Waals surface area contributed by atoms with Crippen LogP contribution in [0.4, 0.5) is 0 Å². The van der Waals surface area contributed by atoms with E-state index in [1.165, 1.54) is 4.90 Å². The number of benzene rings is 2. The van der Waals surface area contributed by atoms with Gasteiger partial charge in [0.05, 0.1) is 4.91 Å². The van der Waals surface area contributed by atoms with Gasteiger partial charge in [0.2, 0.25) is 0 Å². The van der Waals surface area contributed by atoms with Crippen LogP contribution in [0, 0.1) is 0 Å². The number of rotatable bonds is 4. The SMILES string of the molecule is C[C@@H]1Oc2ccccc2C=C1/C=C1\SC(=S)N([C@H](C(=O)O)c2ccccc2)C1=O. The summed E-state index contributed by atoms with van der Waals surface area (Å²) < 4.78 is 6.15. The predicted molar refractivity (Wildman–Crippen MR) is 116 cm³/mol. The molecule has 2 aromatic rings. The quantitative estimate of drug-likeness (QED) is 0.580. The Bertz CT molecular complexity index is 1060. The highest BCUT2D eigenvalue weighted by atomic mass is 32.2. The number of hydrogen-bond acceptors (Lipinski definition) is 5. The number of amides is 1. The predicted octanol–water partition coefficient (Wildman–Crippen LogP) is 4.42. The van der Waals surface area contributed by atoms with Crippen LogP contribution in [0.2, 0.25) is 0 Å². The van der Waals surface area contributed by atoms with Crippen LogP contribution >= 0.6 is 24.0 Å². The van der Waals surface area contributed by atoms with Crippen molar-refractivity contribution in [1.82, 2.24) is 4.90 Å². The van der Waals surface area contributed by atoms with Crippen LogP contribution in [0.25, 0.3) is 6.08 Å². The Morgan fingerprint density at radius 2 is 1.90 bits per heavy atom. The first-order chi connectivity index (χ1) is 14.0. The second kappa shape index (κ2) is 7.85. The lowest BCUT2D eigenvalue weighted by Gasteiger charge is -2.24. The van der Waals surface area contributed by atoms with Gasteiger partial charge < -0.3 is 9.84 Å². The first-order valence-electron chi connectivity index (χ1n) is 8.98. The Kier molecular flexibility index (Phi) is 5.25. The molecule has 1 N–H and O–H groups in total. The van der Waals surface area contributed by atoms with Crippen molar-refractivity contribution in [2.24, 2.45) is 0 Å². The number of nitrogens with zero attached hydrogens (tertiary/aromatic N) is 1. The standard InChI is InChI=1S/C22H17NO4S2/c1-13-16(11-15-9-5-6-10-17(15)27-13)12-18-20(24)23(22(28)29-18)19(21(25)26)14-7-3-2-4-8-14/h2-13,19H,1H3,(H,25,26)/b18-12-/t13-,19-/m0/s1. The number of fused-ring (bicyclic) bond motifs is 1. The molecule has 7 heteroatoms. The minimum atomic E-state index is -1.16. The largest absolute Gasteiger partial charge is 0.485 e. The van der Waals surface area contributed by atoms with Gasteiger partial charge in [-0.2, -0.15) is 0 Å². The van der Waals surface area contributed by atoms with Gasteiger partial charge in [-0.1, -0.05) is 72.5 Å². The van der Waals surface area contributed by atoms with Gasteiger partial charge in [-0.25, -0.2) is 4.79 Å². The van der Waals surface area contributed by atoms with Gasteiger partial charge in [-0.05, 0) is 36.3 Å². The summed E-state index contributed by atoms with van der Waals surface area (Å²) in [7, 11) is 0. The van der Waals surface area contributed by atoms with E-state index in [1.54, 1.807) is 36.4 Å². The molecule has 0 spiro atoms. The molecule has 29 heavy (non-hydrogen) atoms. The third-order valence-electron chi connectivity index (χ3n) is 4.74. The van der Waals surface area contributed by atoms with Crippen molar-refractivity contribution in [1.29, 1.82) is 0 Å². The van der Waals surface area contributed by atoms with Crippen molar-refractivity contribution >= 4 is 46.3 Å². The second-order valence-corrected chi connectivity index (χ2v) is 8.32. The van der Waals surface area contributed by atoms with E-state index in [0.29, 0.717) is 10.5 Å². The molecule has 0 aromatic heterocycles. The number of carbonyl (C=O) groups excluding carboxylic acids is 1. The van der Waals surface area contributed by atoms with E-state index in [0.717, 1.165) is 28.6 Å². The number of hydrogen-bond donors (Lipinski definition) is 1. The lowest BCUT2D eigenvalue weighted by molar-refractivity contribution is -0.145. The molecule has 2 aliphatic heterocycles. The molecule has 0 bridgehead atoms. The number of carboxylic acids is 1. The van der Waals surface area contributed by atoms with E-state index in [4.69, 9.17) is 17.0 Å². The van der Waals surface area contributed by atoms with Crippen LogP contribution in [0.3, 0.4) is 0 Å². The molecular weight excluding hydrogens is 406 g/mol. The maximum Gasteiger partial charge on any atom is 0.331 e. The van der Waals surface area contributed by atoms with Gasteiger partial charge in [-0.15, -0.1) is 0 Å². The first kappa shape index (κ1) is 19.4. The van der Waals surface area contributed by atoms with Gasteiger partial charge in [0.25, 0.3) is 5.91 Å². The summed E-state index contributed by atoms with van der Waals surface area (Å²) in [4.78, 5) is 26.6. The highest BCUT2D eigenvalue weighted by Gasteiger charge is 2.41. The fraction of sp³-hybridized carbons (Fsp3) is 0.136. The van der Waals surface area contributed by atoms with E-state index < -0.39 is 17.9 Å². The number of ether oxygens (including phenoxy) is 1. The van der Waals surface area contributed by atoms with Gasteiger partial charge >= 0.3 is 5.97 Å². The molecule has 2 aliphatic rings. The fourth-order valence-electron chi connectivity index (χ4n) is 3.31. The Balaban J connectivity index is 1.68. The number of para-hydroxylation sites is 1. The topological polar surface area (TPSA) is 66.8 Å². The summed E-state index contributed by atoms with van der Waals surface area (Å²) in [5.41, 5.74) is 2.26. The molecule has 2 heterocycles. The molecule has 0 saturated carbocycles. The smallest absolute Gasteiger partial charge is 0.331 e. The van der Waals surface area contributed by atoms with Crippen LogP contribution < -0.4 is 4.74 Å². The Hall–Kier alpha value is -2.90. The molecule has 0 radical (unpaired) electrons. The summed E-state index contributed by atoms with van der Waals surface area (Å²) in [6, 6.07) is 15.1. The number of thiocarbonyl (C=S) groups is 1. The molecule has 2 atom stereocenters. The molecule has 2 aromatic carbocycles. The maximum absolute atomic E-state index is 13.1. The van der Waals surface area contributed by atoms with Crippen molar-refractivity contribution in [3.63, 3.8) is 0 Å². The van der Waals surface area contributed by atoms with Gasteiger partial charge in [-0.3, -0.25) is 9.69 Å². The van der Waals surface area contributed by atoms with E-state index in [2.05, 4.69) is 0 Å². The van der Waals surface area contributed by atoms with Crippen LogP contribution in [-0.2, 0) is 9.59 Å². The Morgan fingerprint density at radius 3 is 2.62 bits per heavy atom. The molecule has 1 amide bonds. The third-order valence-corrected chi connectivity index (χ3v) is 6.07. The average molecular weight is 424 g/mol. The molecule has 0 aliphatic carbocycles. The molecule has 1 saturated heterocycles. The Labute approximate surface area is 177 Å². The van der Waals surface area contributed by atoms with Crippen LogP contribution in [0.1, 0.15) is 24.1 Å². The van der Waals surface area contributed by atoms with E-state index >= 15 is 0 Å². The summed E-state index contributed by atoms with van der Waals surface area (Å²) in [5.74, 6) is -0.751. The van der Waals surface area contributed by atoms with E-state index in [9.17, 15) is 14.7 Å². The highest BCUT2D eigenvalue weighted by Crippen LogP contribution is 2.39. The number of thioether (sulfide) groups is 1. The third kappa shape index (κ3) is 3.71. The zero-order valence-corrected chi connectivity index (χ0v) is 17.1. The fourth-order valence-corrected chi connectivity index (χ4v) is 4.63. The number of aliphatic carboxylic acids is 1. The van der Waals surface area contributed by atoms with Crippen molar-refractivity contribution in [2.75, 3.05) is 0 Å². The van der Waals surface area contributed by atoms with Crippen molar-refractivity contribution in [2.45, 2.75) is 19.1 Å². The minimum absolute atomic E-state index is 0.225. The zero-order chi connectivity index (χ0) is 20.5. The van der Waals surface area contributed by atoms with Gasteiger partial charge in [0, 0.05) is 5.56 Å². The lowest BCUT2D eigenvalue weighted by Crippen LogP contribution is -2.37. The lowest BCUT2D eigenvalue weighted by atomic mass is 10.0. The summed E-state index contributed by atoms with van der Waals surface area (Å²) >= 11 is 6.47. The molecule has 4 rings (SSSR count). The number of carbonyl (C=O) groups is 2. The maximum atomic E-state index is 13.1. The zero-order valence-electron chi connectivity index (χ0n) is 15.4. The molecule has 0 unspecified atom stereocenters. The number of carboxylic acid groups (broad SMARTS) is 1. The highest BCUT2D eigenvalue weighted by molar-refractivity contribution is 8.26. The van der Waals surface area contributed by atoms with Crippen molar-refractivity contribution < 1.29 is 19.4 Å². The van der Waals surface area contributed by atoms with Crippen molar-refractivity contribution in [3.8, 4) is 5.75 Å². The summed E-state index contributed by atoms with van der Waals surface area (Å²) in [6.07, 6.45) is 3.48. The minimum Gasteiger partial charge on any atom is -0.485 e. The average Bonchev–Trinajstić information content (AvgIpc) is 2.97. The monoisotopic (exact) mass is 423 g/mol.